The van der Waals surface area contributed by atoms with Gasteiger partial charge in [0.15, 0.2) is 5.78 Å². The number of nitrogens with zero attached hydrogens (tertiary/aromatic N) is 1. The highest BCUT2D eigenvalue weighted by Crippen LogP contribution is 2.18. The smallest absolute Gasteiger partial charge is 0.243 e. The molecule has 1 aliphatic heterocycles. The second kappa shape index (κ2) is 7.40. The molecule has 0 spiro atoms. The van der Waals surface area contributed by atoms with E-state index in [2.05, 4.69) is 0 Å². The zero-order valence-electron chi connectivity index (χ0n) is 12.9. The fourth-order valence-electron chi connectivity index (χ4n) is 2.37. The lowest BCUT2D eigenvalue weighted by molar-refractivity contribution is 0.0730. The van der Waals surface area contributed by atoms with Crippen molar-refractivity contribution < 1.29 is 17.9 Å². The lowest BCUT2D eigenvalue weighted by atomic mass is 10.1. The zero-order valence-corrected chi connectivity index (χ0v) is 14.6. The van der Waals surface area contributed by atoms with Crippen molar-refractivity contribution in [1.29, 1.82) is 0 Å². The van der Waals surface area contributed by atoms with E-state index in [0.29, 0.717) is 31.9 Å². The zero-order chi connectivity index (χ0) is 17.0. The third-order valence-corrected chi connectivity index (χ3v) is 6.33. The van der Waals surface area contributed by atoms with Crippen LogP contribution in [0.5, 0.6) is 0 Å². The molecule has 0 saturated carbocycles. The predicted molar refractivity (Wildman–Crippen MR) is 93.7 cm³/mol. The van der Waals surface area contributed by atoms with Gasteiger partial charge >= 0.3 is 0 Å². The molecule has 1 aliphatic rings. The average Bonchev–Trinajstić information content (AvgIpc) is 3.14. The van der Waals surface area contributed by atoms with Crippen LogP contribution in [0.4, 0.5) is 0 Å². The van der Waals surface area contributed by atoms with Crippen molar-refractivity contribution in [3.8, 4) is 0 Å². The molecule has 5 nitrogen and oxygen atoms in total. The minimum absolute atomic E-state index is 0.156. The Kier molecular flexibility index (Phi) is 5.25. The summed E-state index contributed by atoms with van der Waals surface area (Å²) in [6.45, 7) is 1.52. The van der Waals surface area contributed by atoms with E-state index in [-0.39, 0.29) is 10.7 Å². The fourth-order valence-corrected chi connectivity index (χ4v) is 4.40. The number of hydrogen-bond donors (Lipinski definition) is 0. The number of ether oxygens (including phenoxy) is 1. The van der Waals surface area contributed by atoms with Crippen LogP contribution in [-0.4, -0.2) is 44.8 Å². The van der Waals surface area contributed by atoms with Crippen molar-refractivity contribution in [2.24, 2.45) is 0 Å². The van der Waals surface area contributed by atoms with Gasteiger partial charge in [0, 0.05) is 18.7 Å². The van der Waals surface area contributed by atoms with Gasteiger partial charge in [-0.05, 0) is 52.7 Å². The number of sulfonamides is 1. The summed E-state index contributed by atoms with van der Waals surface area (Å²) in [6.07, 6.45) is 3.24. The summed E-state index contributed by atoms with van der Waals surface area (Å²) >= 11 is 1.56. The molecule has 7 heteroatoms. The van der Waals surface area contributed by atoms with Crippen LogP contribution in [0, 0.1) is 0 Å². The molecule has 3 rings (SSSR count). The summed E-state index contributed by atoms with van der Waals surface area (Å²) in [5.41, 5.74) is 1.43. The van der Waals surface area contributed by atoms with Crippen LogP contribution in [0.15, 0.2) is 52.1 Å². The number of hydrogen-bond acceptors (Lipinski definition) is 5. The number of rotatable bonds is 5. The second-order valence-corrected chi connectivity index (χ2v) is 8.01. The molecular formula is C17H17NO4S2. The number of morpholine rings is 1. The molecule has 24 heavy (non-hydrogen) atoms. The summed E-state index contributed by atoms with van der Waals surface area (Å²) < 4.78 is 31.6. The molecule has 2 heterocycles. The second-order valence-electron chi connectivity index (χ2n) is 5.30. The Morgan fingerprint density at radius 1 is 1.12 bits per heavy atom. The van der Waals surface area contributed by atoms with Crippen molar-refractivity contribution in [3.05, 3.63) is 58.3 Å². The number of allylic oxidation sites excluding steroid dienone is 1. The van der Waals surface area contributed by atoms with Crippen LogP contribution in [-0.2, 0) is 14.8 Å². The van der Waals surface area contributed by atoms with Crippen LogP contribution >= 0.6 is 11.3 Å². The van der Waals surface area contributed by atoms with Crippen LogP contribution < -0.4 is 0 Å². The van der Waals surface area contributed by atoms with Crippen molar-refractivity contribution in [3.63, 3.8) is 0 Å². The Labute approximate surface area is 145 Å². The summed E-state index contributed by atoms with van der Waals surface area (Å²) in [5, 5.41) is 3.89. The lowest BCUT2D eigenvalue weighted by Crippen LogP contribution is -2.40. The highest BCUT2D eigenvalue weighted by molar-refractivity contribution is 7.89. The molecule has 0 atom stereocenters. The van der Waals surface area contributed by atoms with E-state index in [0.717, 1.165) is 5.56 Å². The molecule has 0 amide bonds. The molecule has 1 fully saturated rings. The van der Waals surface area contributed by atoms with Crippen molar-refractivity contribution in [2.45, 2.75) is 4.90 Å². The van der Waals surface area contributed by atoms with Crippen molar-refractivity contribution in [2.75, 3.05) is 26.3 Å². The molecule has 2 aromatic rings. The largest absolute Gasteiger partial charge is 0.379 e. The van der Waals surface area contributed by atoms with Gasteiger partial charge in [0.25, 0.3) is 0 Å². The normalized spacial score (nSPS) is 16.5. The fraction of sp³-hybridized carbons (Fsp3) is 0.235. The highest BCUT2D eigenvalue weighted by atomic mass is 32.2. The first-order chi connectivity index (χ1) is 11.6. The summed E-state index contributed by atoms with van der Waals surface area (Å²) in [4.78, 5) is 12.3. The molecule has 0 radical (unpaired) electrons. The van der Waals surface area contributed by atoms with Crippen LogP contribution in [0.1, 0.15) is 15.9 Å². The monoisotopic (exact) mass is 363 g/mol. The molecule has 1 aromatic carbocycles. The Hall–Kier alpha value is -1.80. The molecule has 126 valence electrons. The standard InChI is InChI=1S/C17H17NO4S2/c19-17(6-1-14-7-12-23-13-14)15-2-4-16(5-3-15)24(20,21)18-8-10-22-11-9-18/h1-7,12-13H,8-11H2/b6-1+. The Bertz CT molecular complexity index is 818. The number of benzene rings is 1. The number of thiophene rings is 1. The van der Waals surface area contributed by atoms with E-state index in [1.165, 1.54) is 22.5 Å². The number of carbonyl (C=O) groups excluding carboxylic acids is 1. The maximum absolute atomic E-state index is 12.5. The van der Waals surface area contributed by atoms with Gasteiger partial charge in [-0.3, -0.25) is 4.79 Å². The van der Waals surface area contributed by atoms with Crippen molar-refractivity contribution in [1.82, 2.24) is 4.31 Å². The van der Waals surface area contributed by atoms with Crippen LogP contribution in [0.2, 0.25) is 0 Å². The van der Waals surface area contributed by atoms with Crippen LogP contribution in [0.25, 0.3) is 6.08 Å². The molecule has 1 saturated heterocycles. The van der Waals surface area contributed by atoms with Gasteiger partial charge in [0.2, 0.25) is 10.0 Å². The van der Waals surface area contributed by atoms with Gasteiger partial charge in [-0.2, -0.15) is 15.6 Å². The Morgan fingerprint density at radius 3 is 2.46 bits per heavy atom. The molecule has 1 aromatic heterocycles. The van der Waals surface area contributed by atoms with E-state index in [9.17, 15) is 13.2 Å². The summed E-state index contributed by atoms with van der Waals surface area (Å²) in [5.74, 6) is -0.156. The first-order valence-electron chi connectivity index (χ1n) is 7.50. The molecule has 0 bridgehead atoms. The predicted octanol–water partition coefficient (Wildman–Crippen LogP) is 2.67. The van der Waals surface area contributed by atoms with Gasteiger partial charge in [0.05, 0.1) is 18.1 Å². The number of ketones is 1. The van der Waals surface area contributed by atoms with Gasteiger partial charge in [0.1, 0.15) is 0 Å². The van der Waals surface area contributed by atoms with Gasteiger partial charge in [-0.1, -0.05) is 6.08 Å². The van der Waals surface area contributed by atoms with Gasteiger partial charge in [-0.15, -0.1) is 0 Å². The van der Waals surface area contributed by atoms with Crippen molar-refractivity contribution >= 4 is 33.2 Å². The first-order valence-corrected chi connectivity index (χ1v) is 9.88. The molecule has 0 aliphatic carbocycles. The topological polar surface area (TPSA) is 63.7 Å². The molecule has 0 unspecified atom stereocenters. The average molecular weight is 363 g/mol. The van der Waals surface area contributed by atoms with E-state index in [1.807, 2.05) is 16.8 Å². The maximum atomic E-state index is 12.5. The minimum Gasteiger partial charge on any atom is -0.379 e. The first kappa shape index (κ1) is 17.0. The van der Waals surface area contributed by atoms with E-state index in [1.54, 1.807) is 29.5 Å². The Balaban J connectivity index is 1.74. The highest BCUT2D eigenvalue weighted by Gasteiger charge is 2.26. The quantitative estimate of drug-likeness (QED) is 0.605. The summed E-state index contributed by atoms with van der Waals surface area (Å²) in [7, 11) is -3.53. The minimum atomic E-state index is -3.53. The Morgan fingerprint density at radius 2 is 1.83 bits per heavy atom. The lowest BCUT2D eigenvalue weighted by Gasteiger charge is -2.26. The van der Waals surface area contributed by atoms with Gasteiger partial charge in [-0.25, -0.2) is 8.42 Å². The molecular weight excluding hydrogens is 346 g/mol. The summed E-state index contributed by atoms with van der Waals surface area (Å²) in [6, 6.07) is 7.99. The maximum Gasteiger partial charge on any atom is 0.243 e. The molecule has 0 N–H and O–H groups in total. The van der Waals surface area contributed by atoms with Gasteiger partial charge < -0.3 is 4.74 Å². The van der Waals surface area contributed by atoms with E-state index < -0.39 is 10.0 Å². The third-order valence-electron chi connectivity index (χ3n) is 3.72. The third kappa shape index (κ3) is 3.81. The van der Waals surface area contributed by atoms with E-state index in [4.69, 9.17) is 4.74 Å². The SMILES string of the molecule is O=C(/C=C/c1ccsc1)c1ccc(S(=O)(=O)N2CCOCC2)cc1. The van der Waals surface area contributed by atoms with Crippen LogP contribution in [0.3, 0.4) is 0 Å². The van der Waals surface area contributed by atoms with E-state index >= 15 is 0 Å². The number of carbonyl (C=O) groups is 1.